The average molecular weight is 331 g/mol. The number of aromatic nitrogens is 1. The standard InChI is InChI=1S/C17H17NO4S/c1-19-11-8-14(22-4)16-15(9-11)23-17(18-16)10-5-6-12(20-2)13(7-10)21-3/h5-9H,1-4H3. The monoisotopic (exact) mass is 331 g/mol. The molecule has 0 unspecified atom stereocenters. The first-order valence-electron chi connectivity index (χ1n) is 6.95. The van der Waals surface area contributed by atoms with Crippen molar-refractivity contribution in [2.75, 3.05) is 28.4 Å². The van der Waals surface area contributed by atoms with Crippen molar-refractivity contribution in [1.82, 2.24) is 4.98 Å². The van der Waals surface area contributed by atoms with Gasteiger partial charge < -0.3 is 18.9 Å². The number of rotatable bonds is 5. The van der Waals surface area contributed by atoms with Crippen molar-refractivity contribution >= 4 is 21.6 Å². The molecule has 0 fully saturated rings. The third kappa shape index (κ3) is 2.77. The van der Waals surface area contributed by atoms with E-state index in [-0.39, 0.29) is 0 Å². The lowest BCUT2D eigenvalue weighted by Crippen LogP contribution is -1.90. The SMILES string of the molecule is COc1cc(OC)c2nc(-c3ccc(OC)c(OC)c3)sc2c1. The number of fused-ring (bicyclic) bond motifs is 1. The van der Waals surface area contributed by atoms with E-state index in [4.69, 9.17) is 23.9 Å². The van der Waals surface area contributed by atoms with Crippen LogP contribution in [0.3, 0.4) is 0 Å². The lowest BCUT2D eigenvalue weighted by atomic mass is 10.2. The van der Waals surface area contributed by atoms with E-state index in [9.17, 15) is 0 Å². The molecule has 0 amide bonds. The van der Waals surface area contributed by atoms with Crippen LogP contribution in [-0.2, 0) is 0 Å². The Kier molecular flexibility index (Phi) is 4.25. The molecule has 3 rings (SSSR count). The predicted molar refractivity (Wildman–Crippen MR) is 91.3 cm³/mol. The summed E-state index contributed by atoms with van der Waals surface area (Å²) in [6, 6.07) is 9.54. The molecule has 1 heterocycles. The number of hydrogen-bond acceptors (Lipinski definition) is 6. The number of thiazole rings is 1. The van der Waals surface area contributed by atoms with Crippen LogP contribution in [-0.4, -0.2) is 33.4 Å². The lowest BCUT2D eigenvalue weighted by Gasteiger charge is -2.08. The molecule has 3 aromatic rings. The third-order valence-corrected chi connectivity index (χ3v) is 4.57. The Bertz CT molecular complexity index is 844. The third-order valence-electron chi connectivity index (χ3n) is 3.52. The summed E-state index contributed by atoms with van der Waals surface area (Å²) in [6.07, 6.45) is 0. The van der Waals surface area contributed by atoms with Gasteiger partial charge in [0.1, 0.15) is 22.0 Å². The zero-order valence-electron chi connectivity index (χ0n) is 13.4. The maximum atomic E-state index is 5.42. The number of benzene rings is 2. The summed E-state index contributed by atoms with van der Waals surface area (Å²) < 4.78 is 22.4. The van der Waals surface area contributed by atoms with Crippen molar-refractivity contribution in [1.29, 1.82) is 0 Å². The molecule has 0 aliphatic heterocycles. The smallest absolute Gasteiger partial charge is 0.161 e. The van der Waals surface area contributed by atoms with Crippen molar-refractivity contribution in [2.45, 2.75) is 0 Å². The van der Waals surface area contributed by atoms with E-state index in [0.29, 0.717) is 17.2 Å². The van der Waals surface area contributed by atoms with Crippen LogP contribution in [0.5, 0.6) is 23.0 Å². The summed E-state index contributed by atoms with van der Waals surface area (Å²) in [6.45, 7) is 0. The van der Waals surface area contributed by atoms with Crippen molar-refractivity contribution < 1.29 is 18.9 Å². The van der Waals surface area contributed by atoms with Gasteiger partial charge >= 0.3 is 0 Å². The maximum Gasteiger partial charge on any atom is 0.161 e. The van der Waals surface area contributed by atoms with Crippen LogP contribution in [0.15, 0.2) is 30.3 Å². The molecule has 120 valence electrons. The van der Waals surface area contributed by atoms with Gasteiger partial charge in [-0.25, -0.2) is 4.98 Å². The fourth-order valence-corrected chi connectivity index (χ4v) is 3.35. The van der Waals surface area contributed by atoms with Gasteiger partial charge in [-0.3, -0.25) is 0 Å². The highest BCUT2D eigenvalue weighted by atomic mass is 32.1. The Hall–Kier alpha value is -2.47. The van der Waals surface area contributed by atoms with Gasteiger partial charge in [-0.2, -0.15) is 0 Å². The average Bonchev–Trinajstić information content (AvgIpc) is 3.04. The molecule has 2 aromatic carbocycles. The van der Waals surface area contributed by atoms with Crippen molar-refractivity contribution in [2.24, 2.45) is 0 Å². The largest absolute Gasteiger partial charge is 0.497 e. The summed E-state index contributed by atoms with van der Waals surface area (Å²) in [4.78, 5) is 4.70. The van der Waals surface area contributed by atoms with Gasteiger partial charge in [0.25, 0.3) is 0 Å². The molecule has 1 aromatic heterocycles. The number of nitrogens with zero attached hydrogens (tertiary/aromatic N) is 1. The van der Waals surface area contributed by atoms with E-state index < -0.39 is 0 Å². The Morgan fingerprint density at radius 1 is 0.783 bits per heavy atom. The minimum atomic E-state index is 0.675. The van der Waals surface area contributed by atoms with Crippen LogP contribution in [0.2, 0.25) is 0 Å². The molecule has 6 heteroatoms. The summed E-state index contributed by atoms with van der Waals surface area (Å²) in [5.41, 5.74) is 1.79. The molecule has 5 nitrogen and oxygen atoms in total. The van der Waals surface area contributed by atoms with E-state index in [1.807, 2.05) is 30.3 Å². The van der Waals surface area contributed by atoms with Crippen LogP contribution >= 0.6 is 11.3 Å². The summed E-state index contributed by atoms with van der Waals surface area (Å²) in [5.74, 6) is 2.81. The number of methoxy groups -OCH3 is 4. The molecular weight excluding hydrogens is 314 g/mol. The molecule has 0 bridgehead atoms. The topological polar surface area (TPSA) is 49.8 Å². The van der Waals surface area contributed by atoms with E-state index in [1.165, 1.54) is 0 Å². The second kappa shape index (κ2) is 6.34. The van der Waals surface area contributed by atoms with E-state index in [2.05, 4.69) is 0 Å². The fraction of sp³-hybridized carbons (Fsp3) is 0.235. The van der Waals surface area contributed by atoms with E-state index in [0.717, 1.165) is 26.5 Å². The first kappa shape index (κ1) is 15.4. The van der Waals surface area contributed by atoms with Crippen LogP contribution in [0, 0.1) is 0 Å². The second-order valence-corrected chi connectivity index (χ2v) is 5.80. The second-order valence-electron chi connectivity index (χ2n) is 4.77. The Balaban J connectivity index is 2.13. The van der Waals surface area contributed by atoms with Gasteiger partial charge in [-0.1, -0.05) is 0 Å². The molecule has 0 atom stereocenters. The molecule has 0 saturated heterocycles. The van der Waals surface area contributed by atoms with E-state index >= 15 is 0 Å². The Labute approximate surface area is 138 Å². The Morgan fingerprint density at radius 3 is 2.17 bits per heavy atom. The number of hydrogen-bond donors (Lipinski definition) is 0. The van der Waals surface area contributed by atoms with Crippen molar-refractivity contribution in [3.05, 3.63) is 30.3 Å². The zero-order chi connectivity index (χ0) is 16.4. The van der Waals surface area contributed by atoms with Gasteiger partial charge in [-0.05, 0) is 24.3 Å². The highest BCUT2D eigenvalue weighted by Gasteiger charge is 2.14. The highest BCUT2D eigenvalue weighted by Crippen LogP contribution is 2.39. The lowest BCUT2D eigenvalue weighted by molar-refractivity contribution is 0.355. The molecule has 0 N–H and O–H groups in total. The van der Waals surface area contributed by atoms with Gasteiger partial charge in [0.2, 0.25) is 0 Å². The normalized spacial score (nSPS) is 10.6. The van der Waals surface area contributed by atoms with Crippen LogP contribution in [0.4, 0.5) is 0 Å². The van der Waals surface area contributed by atoms with Crippen LogP contribution < -0.4 is 18.9 Å². The van der Waals surface area contributed by atoms with Crippen molar-refractivity contribution in [3.8, 4) is 33.6 Å². The maximum absolute atomic E-state index is 5.42. The molecule has 23 heavy (non-hydrogen) atoms. The quantitative estimate of drug-likeness (QED) is 0.707. The molecule has 0 radical (unpaired) electrons. The highest BCUT2D eigenvalue weighted by molar-refractivity contribution is 7.21. The Morgan fingerprint density at radius 2 is 1.52 bits per heavy atom. The molecule has 0 aliphatic rings. The van der Waals surface area contributed by atoms with Gasteiger partial charge in [0.05, 0.1) is 33.1 Å². The summed E-state index contributed by atoms with van der Waals surface area (Å²) >= 11 is 1.57. The van der Waals surface area contributed by atoms with Crippen LogP contribution in [0.1, 0.15) is 0 Å². The first-order valence-corrected chi connectivity index (χ1v) is 7.76. The summed E-state index contributed by atoms with van der Waals surface area (Å²) in [7, 11) is 6.50. The zero-order valence-corrected chi connectivity index (χ0v) is 14.2. The minimum absolute atomic E-state index is 0.675. The van der Waals surface area contributed by atoms with Gasteiger partial charge in [0.15, 0.2) is 11.5 Å². The molecular formula is C17H17NO4S. The minimum Gasteiger partial charge on any atom is -0.497 e. The van der Waals surface area contributed by atoms with Gasteiger partial charge in [-0.15, -0.1) is 11.3 Å². The molecule has 0 spiro atoms. The van der Waals surface area contributed by atoms with Crippen LogP contribution in [0.25, 0.3) is 20.8 Å². The van der Waals surface area contributed by atoms with Gasteiger partial charge in [0, 0.05) is 11.6 Å². The van der Waals surface area contributed by atoms with Crippen molar-refractivity contribution in [3.63, 3.8) is 0 Å². The first-order chi connectivity index (χ1) is 11.2. The molecule has 0 saturated carbocycles. The predicted octanol–water partition coefficient (Wildman–Crippen LogP) is 4.00. The molecule has 0 aliphatic carbocycles. The fourth-order valence-electron chi connectivity index (χ4n) is 2.34. The van der Waals surface area contributed by atoms with E-state index in [1.54, 1.807) is 39.8 Å². The number of ether oxygens (including phenoxy) is 4. The summed E-state index contributed by atoms with van der Waals surface area (Å²) in [5, 5.41) is 0.882.